The average Bonchev–Trinajstić information content (AvgIpc) is 2.31. The van der Waals surface area contributed by atoms with Gasteiger partial charge in [0.25, 0.3) is 0 Å². The second kappa shape index (κ2) is 4.39. The van der Waals surface area contributed by atoms with Crippen molar-refractivity contribution in [3.8, 4) is 0 Å². The number of allylic oxidation sites excluding steroid dienone is 2. The molecule has 15 heavy (non-hydrogen) atoms. The van der Waals surface area contributed by atoms with Gasteiger partial charge in [-0.25, -0.2) is 0 Å². The van der Waals surface area contributed by atoms with E-state index in [0.29, 0.717) is 18.1 Å². The van der Waals surface area contributed by atoms with Gasteiger partial charge < -0.3 is 0 Å². The molecule has 0 spiro atoms. The Balaban J connectivity index is 2.17. The number of ketones is 1. The Bertz CT molecular complexity index is 381. The van der Waals surface area contributed by atoms with E-state index in [1.165, 1.54) is 5.56 Å². The summed E-state index contributed by atoms with van der Waals surface area (Å²) in [6, 6.07) is 4.10. The van der Waals surface area contributed by atoms with E-state index in [1.807, 2.05) is 37.5 Å². The molecule has 2 nitrogen and oxygen atoms in total. The molecule has 0 amide bonds. The fraction of sp³-hybridized carbons (Fsp3) is 0.385. The molecule has 0 bridgehead atoms. The van der Waals surface area contributed by atoms with Gasteiger partial charge in [0.15, 0.2) is 5.78 Å². The van der Waals surface area contributed by atoms with Gasteiger partial charge in [-0.1, -0.05) is 6.08 Å². The number of hydrogen-bond acceptors (Lipinski definition) is 2. The number of rotatable bonds is 1. The van der Waals surface area contributed by atoms with Crippen LogP contribution in [0.2, 0.25) is 0 Å². The SMILES string of the molecule is C/C=C1/C[C@H](c2ccncc2)CCC1=O. The molecular weight excluding hydrogens is 186 g/mol. The second-order valence-corrected chi connectivity index (χ2v) is 3.96. The monoisotopic (exact) mass is 201 g/mol. The predicted molar refractivity (Wildman–Crippen MR) is 59.6 cm³/mol. The molecule has 0 aromatic carbocycles. The van der Waals surface area contributed by atoms with Crippen molar-refractivity contribution in [1.29, 1.82) is 0 Å². The third kappa shape index (κ3) is 2.14. The smallest absolute Gasteiger partial charge is 0.158 e. The largest absolute Gasteiger partial charge is 0.295 e. The Hall–Kier alpha value is -1.44. The van der Waals surface area contributed by atoms with Crippen LogP contribution in [0, 0.1) is 0 Å². The van der Waals surface area contributed by atoms with Gasteiger partial charge in [0.2, 0.25) is 0 Å². The first-order chi connectivity index (χ1) is 7.31. The van der Waals surface area contributed by atoms with Crippen molar-refractivity contribution < 1.29 is 4.79 Å². The number of carbonyl (C=O) groups is 1. The van der Waals surface area contributed by atoms with Crippen LogP contribution in [0.1, 0.15) is 37.7 Å². The molecule has 2 rings (SSSR count). The Morgan fingerprint density at radius 3 is 2.80 bits per heavy atom. The molecular formula is C13H15NO. The van der Waals surface area contributed by atoms with Crippen LogP contribution >= 0.6 is 0 Å². The Morgan fingerprint density at radius 2 is 2.13 bits per heavy atom. The lowest BCUT2D eigenvalue weighted by Gasteiger charge is -2.23. The topological polar surface area (TPSA) is 30.0 Å². The minimum absolute atomic E-state index is 0.322. The lowest BCUT2D eigenvalue weighted by atomic mass is 9.81. The quantitative estimate of drug-likeness (QED) is 0.654. The highest BCUT2D eigenvalue weighted by molar-refractivity contribution is 5.96. The minimum atomic E-state index is 0.322. The highest BCUT2D eigenvalue weighted by Gasteiger charge is 2.23. The summed E-state index contributed by atoms with van der Waals surface area (Å²) in [5.41, 5.74) is 2.29. The molecule has 1 aromatic rings. The van der Waals surface area contributed by atoms with Gasteiger partial charge >= 0.3 is 0 Å². The van der Waals surface area contributed by atoms with Crippen LogP contribution in [0.5, 0.6) is 0 Å². The van der Waals surface area contributed by atoms with E-state index in [2.05, 4.69) is 4.98 Å². The summed E-state index contributed by atoms with van der Waals surface area (Å²) in [4.78, 5) is 15.5. The maximum absolute atomic E-state index is 11.5. The first-order valence-electron chi connectivity index (χ1n) is 5.39. The van der Waals surface area contributed by atoms with Crippen molar-refractivity contribution in [2.45, 2.75) is 32.1 Å². The fourth-order valence-corrected chi connectivity index (χ4v) is 2.15. The van der Waals surface area contributed by atoms with E-state index in [-0.39, 0.29) is 0 Å². The molecule has 0 N–H and O–H groups in total. The third-order valence-corrected chi connectivity index (χ3v) is 3.07. The van der Waals surface area contributed by atoms with Crippen molar-refractivity contribution in [3.05, 3.63) is 41.7 Å². The van der Waals surface area contributed by atoms with E-state index in [1.54, 1.807) is 0 Å². The zero-order valence-electron chi connectivity index (χ0n) is 8.94. The molecule has 0 unspecified atom stereocenters. The summed E-state index contributed by atoms with van der Waals surface area (Å²) < 4.78 is 0. The number of carbonyl (C=O) groups excluding carboxylic acids is 1. The van der Waals surface area contributed by atoms with Gasteiger partial charge in [-0.05, 0) is 49.0 Å². The lowest BCUT2D eigenvalue weighted by molar-refractivity contribution is -0.116. The summed E-state index contributed by atoms with van der Waals surface area (Å²) in [6.45, 7) is 1.95. The first kappa shape index (κ1) is 10.1. The number of nitrogens with zero attached hydrogens (tertiary/aromatic N) is 1. The van der Waals surface area contributed by atoms with Crippen molar-refractivity contribution in [3.63, 3.8) is 0 Å². The summed E-state index contributed by atoms with van der Waals surface area (Å²) in [6.07, 6.45) is 8.14. The Labute approximate surface area is 90.0 Å². The van der Waals surface area contributed by atoms with Crippen molar-refractivity contribution in [2.75, 3.05) is 0 Å². The van der Waals surface area contributed by atoms with Crippen LogP contribution < -0.4 is 0 Å². The molecule has 1 atom stereocenters. The maximum atomic E-state index is 11.5. The second-order valence-electron chi connectivity index (χ2n) is 3.96. The zero-order valence-corrected chi connectivity index (χ0v) is 8.94. The number of hydrogen-bond donors (Lipinski definition) is 0. The van der Waals surface area contributed by atoms with Crippen molar-refractivity contribution >= 4 is 5.78 Å². The molecule has 1 heterocycles. The van der Waals surface area contributed by atoms with Crippen LogP contribution in [-0.4, -0.2) is 10.8 Å². The van der Waals surface area contributed by atoms with Crippen molar-refractivity contribution in [1.82, 2.24) is 4.98 Å². The molecule has 1 aliphatic carbocycles. The molecule has 78 valence electrons. The van der Waals surface area contributed by atoms with Crippen LogP contribution in [0.15, 0.2) is 36.2 Å². The summed E-state index contributed by atoms with van der Waals surface area (Å²) in [5, 5.41) is 0. The van der Waals surface area contributed by atoms with Gasteiger partial charge in [-0.15, -0.1) is 0 Å². The van der Waals surface area contributed by atoms with Crippen LogP contribution in [0.25, 0.3) is 0 Å². The summed E-state index contributed by atoms with van der Waals surface area (Å²) in [5.74, 6) is 0.819. The summed E-state index contributed by atoms with van der Waals surface area (Å²) in [7, 11) is 0. The number of aromatic nitrogens is 1. The van der Waals surface area contributed by atoms with E-state index in [4.69, 9.17) is 0 Å². The number of Topliss-reactive ketones (excluding diaryl/α,β-unsaturated/α-hetero) is 1. The van der Waals surface area contributed by atoms with E-state index in [0.717, 1.165) is 18.4 Å². The van der Waals surface area contributed by atoms with Gasteiger partial charge in [0.05, 0.1) is 0 Å². The predicted octanol–water partition coefficient (Wildman–Crippen LogP) is 2.86. The third-order valence-electron chi connectivity index (χ3n) is 3.07. The van der Waals surface area contributed by atoms with Crippen LogP contribution in [0.3, 0.4) is 0 Å². The van der Waals surface area contributed by atoms with Gasteiger partial charge in [-0.3, -0.25) is 9.78 Å². The average molecular weight is 201 g/mol. The molecule has 1 fully saturated rings. The van der Waals surface area contributed by atoms with Crippen LogP contribution in [-0.2, 0) is 4.79 Å². The van der Waals surface area contributed by atoms with E-state index < -0.39 is 0 Å². The highest BCUT2D eigenvalue weighted by atomic mass is 16.1. The van der Waals surface area contributed by atoms with E-state index in [9.17, 15) is 4.79 Å². The van der Waals surface area contributed by atoms with Gasteiger partial charge in [-0.2, -0.15) is 0 Å². The van der Waals surface area contributed by atoms with Gasteiger partial charge in [0, 0.05) is 18.8 Å². The fourth-order valence-electron chi connectivity index (χ4n) is 2.15. The molecule has 1 saturated carbocycles. The lowest BCUT2D eigenvalue weighted by Crippen LogP contribution is -2.15. The minimum Gasteiger partial charge on any atom is -0.295 e. The normalized spacial score (nSPS) is 24.5. The molecule has 2 heteroatoms. The number of pyridine rings is 1. The maximum Gasteiger partial charge on any atom is 0.158 e. The highest BCUT2D eigenvalue weighted by Crippen LogP contribution is 2.33. The molecule has 0 radical (unpaired) electrons. The first-order valence-corrected chi connectivity index (χ1v) is 5.39. The molecule has 1 aromatic heterocycles. The Kier molecular flexibility index (Phi) is 2.95. The molecule has 0 saturated heterocycles. The zero-order chi connectivity index (χ0) is 10.7. The van der Waals surface area contributed by atoms with E-state index >= 15 is 0 Å². The standard InChI is InChI=1S/C13H15NO/c1-2-10-9-12(3-4-13(10)15)11-5-7-14-8-6-11/h2,5-8,12H,3-4,9H2,1H3/b10-2-/t12-/m1/s1. The molecule has 1 aliphatic rings. The van der Waals surface area contributed by atoms with Gasteiger partial charge in [0.1, 0.15) is 0 Å². The summed E-state index contributed by atoms with van der Waals surface area (Å²) >= 11 is 0. The van der Waals surface area contributed by atoms with Crippen LogP contribution in [0.4, 0.5) is 0 Å². The van der Waals surface area contributed by atoms with Crippen molar-refractivity contribution in [2.24, 2.45) is 0 Å². The Morgan fingerprint density at radius 1 is 1.40 bits per heavy atom. The molecule has 0 aliphatic heterocycles.